The van der Waals surface area contributed by atoms with Crippen molar-refractivity contribution in [3.63, 3.8) is 0 Å². The summed E-state index contributed by atoms with van der Waals surface area (Å²) in [5.74, 6) is -0.216. The molecule has 0 saturated heterocycles. The van der Waals surface area contributed by atoms with E-state index in [-0.39, 0.29) is 11.9 Å². The molecule has 1 N–H and O–H groups in total. The van der Waals surface area contributed by atoms with E-state index in [0.29, 0.717) is 12.1 Å². The van der Waals surface area contributed by atoms with Gasteiger partial charge in [-0.1, -0.05) is 19.8 Å². The van der Waals surface area contributed by atoms with E-state index in [1.54, 1.807) is 18.0 Å². The molecule has 7 heteroatoms. The standard InChI is InChI=1S/C14H23N3O3S/c1-4-10-9-11(16-15-10)14(18)17(2)12-7-5-6-8-13(12)21(3,19)20/h9,12-13H,4-8H2,1-3H3,(H,15,16)/t12-,13-/m0/s1. The first-order valence-corrected chi connectivity index (χ1v) is 9.30. The molecule has 6 nitrogen and oxygen atoms in total. The van der Waals surface area contributed by atoms with E-state index in [1.165, 1.54) is 6.26 Å². The van der Waals surface area contributed by atoms with E-state index in [2.05, 4.69) is 10.2 Å². The summed E-state index contributed by atoms with van der Waals surface area (Å²) in [6, 6.07) is 1.47. The fourth-order valence-electron chi connectivity index (χ4n) is 3.00. The van der Waals surface area contributed by atoms with Crippen LogP contribution in [0, 0.1) is 0 Å². The molecule has 21 heavy (non-hydrogen) atoms. The van der Waals surface area contributed by atoms with E-state index >= 15 is 0 Å². The Hall–Kier alpha value is -1.37. The molecule has 1 amide bonds. The zero-order valence-corrected chi connectivity index (χ0v) is 13.6. The molecule has 1 fully saturated rings. The Morgan fingerprint density at radius 2 is 2.10 bits per heavy atom. The monoisotopic (exact) mass is 313 g/mol. The van der Waals surface area contributed by atoms with E-state index in [9.17, 15) is 13.2 Å². The van der Waals surface area contributed by atoms with Gasteiger partial charge in [0.2, 0.25) is 0 Å². The van der Waals surface area contributed by atoms with Crippen LogP contribution in [0.3, 0.4) is 0 Å². The number of aromatic nitrogens is 2. The summed E-state index contributed by atoms with van der Waals surface area (Å²) in [5.41, 5.74) is 1.25. The van der Waals surface area contributed by atoms with Crippen molar-refractivity contribution in [3.05, 3.63) is 17.5 Å². The highest BCUT2D eigenvalue weighted by Crippen LogP contribution is 2.28. The molecule has 0 bridgehead atoms. The maximum atomic E-state index is 12.5. The molecule has 2 rings (SSSR count). The number of nitrogens with zero attached hydrogens (tertiary/aromatic N) is 2. The average Bonchev–Trinajstić information content (AvgIpc) is 2.93. The topological polar surface area (TPSA) is 83.1 Å². The number of amides is 1. The van der Waals surface area contributed by atoms with Gasteiger partial charge in [-0.05, 0) is 25.3 Å². The average molecular weight is 313 g/mol. The van der Waals surface area contributed by atoms with Gasteiger partial charge in [0.1, 0.15) is 5.69 Å². The van der Waals surface area contributed by atoms with Crippen LogP contribution < -0.4 is 0 Å². The quantitative estimate of drug-likeness (QED) is 0.911. The highest BCUT2D eigenvalue weighted by Gasteiger charge is 2.37. The number of H-pyrrole nitrogens is 1. The molecule has 0 aromatic carbocycles. The lowest BCUT2D eigenvalue weighted by Crippen LogP contribution is -2.49. The van der Waals surface area contributed by atoms with Crippen LogP contribution in [0.15, 0.2) is 6.07 Å². The van der Waals surface area contributed by atoms with Gasteiger partial charge >= 0.3 is 0 Å². The third-order valence-corrected chi connectivity index (χ3v) is 5.92. The summed E-state index contributed by atoms with van der Waals surface area (Å²) in [5, 5.41) is 6.38. The minimum Gasteiger partial charge on any atom is -0.336 e. The number of carbonyl (C=O) groups excluding carboxylic acids is 1. The highest BCUT2D eigenvalue weighted by molar-refractivity contribution is 7.91. The van der Waals surface area contributed by atoms with E-state index in [4.69, 9.17) is 0 Å². The summed E-state index contributed by atoms with van der Waals surface area (Å²) < 4.78 is 23.9. The Balaban J connectivity index is 2.20. The summed E-state index contributed by atoms with van der Waals surface area (Å²) in [6.07, 6.45) is 5.25. The first-order chi connectivity index (χ1) is 9.84. The second-order valence-corrected chi connectivity index (χ2v) is 8.03. The van der Waals surface area contributed by atoms with Crippen LogP contribution in [0.5, 0.6) is 0 Å². The largest absolute Gasteiger partial charge is 0.336 e. The smallest absolute Gasteiger partial charge is 0.274 e. The normalized spacial score (nSPS) is 23.0. The zero-order chi connectivity index (χ0) is 15.6. The molecule has 1 aromatic rings. The van der Waals surface area contributed by atoms with E-state index in [1.807, 2.05) is 6.92 Å². The number of hydrogen-bond acceptors (Lipinski definition) is 4. The van der Waals surface area contributed by atoms with Gasteiger partial charge in [0.05, 0.1) is 5.25 Å². The first-order valence-electron chi connectivity index (χ1n) is 7.35. The van der Waals surface area contributed by atoms with Gasteiger partial charge in [-0.15, -0.1) is 0 Å². The van der Waals surface area contributed by atoms with Crippen LogP contribution >= 0.6 is 0 Å². The van der Waals surface area contributed by atoms with Crippen molar-refractivity contribution in [2.24, 2.45) is 0 Å². The molecule has 0 radical (unpaired) electrons. The van der Waals surface area contributed by atoms with Crippen molar-refractivity contribution in [1.82, 2.24) is 15.1 Å². The SMILES string of the molecule is CCc1cc(C(=O)N(C)[C@H]2CCCC[C@@H]2S(C)(=O)=O)n[nH]1. The lowest BCUT2D eigenvalue weighted by molar-refractivity contribution is 0.0694. The molecule has 1 aliphatic carbocycles. The summed E-state index contributed by atoms with van der Waals surface area (Å²) in [7, 11) is -1.48. The molecule has 1 saturated carbocycles. The van der Waals surface area contributed by atoms with Crippen molar-refractivity contribution in [2.75, 3.05) is 13.3 Å². The van der Waals surface area contributed by atoms with Gasteiger partial charge in [0.25, 0.3) is 5.91 Å². The second kappa shape index (κ2) is 6.17. The van der Waals surface area contributed by atoms with Gasteiger partial charge < -0.3 is 4.90 Å². The Kier molecular flexibility index (Phi) is 4.70. The molecule has 0 unspecified atom stereocenters. The Bertz CT molecular complexity index is 609. The van der Waals surface area contributed by atoms with Gasteiger partial charge in [-0.3, -0.25) is 9.89 Å². The second-order valence-electron chi connectivity index (χ2n) is 5.77. The minimum absolute atomic E-state index is 0.216. The Labute approximate surface area is 125 Å². The molecule has 0 aliphatic heterocycles. The summed E-state index contributed by atoms with van der Waals surface area (Å²) >= 11 is 0. The molecule has 2 atom stereocenters. The van der Waals surface area contributed by atoms with Crippen molar-refractivity contribution in [2.45, 2.75) is 50.3 Å². The van der Waals surface area contributed by atoms with E-state index in [0.717, 1.165) is 31.4 Å². The number of carbonyl (C=O) groups is 1. The van der Waals surface area contributed by atoms with E-state index < -0.39 is 15.1 Å². The van der Waals surface area contributed by atoms with Gasteiger partial charge in [0, 0.05) is 25.0 Å². The minimum atomic E-state index is -3.16. The van der Waals surface area contributed by atoms with Crippen molar-refractivity contribution >= 4 is 15.7 Å². The lowest BCUT2D eigenvalue weighted by atomic mass is 9.93. The predicted molar refractivity (Wildman–Crippen MR) is 80.9 cm³/mol. The molecule has 118 valence electrons. The fraction of sp³-hybridized carbons (Fsp3) is 0.714. The third kappa shape index (κ3) is 3.45. The maximum Gasteiger partial charge on any atom is 0.274 e. The molecule has 1 aliphatic rings. The fourth-order valence-corrected chi connectivity index (χ4v) is 4.49. The summed E-state index contributed by atoms with van der Waals surface area (Å²) in [6.45, 7) is 1.98. The Morgan fingerprint density at radius 3 is 2.67 bits per heavy atom. The first kappa shape index (κ1) is 16.0. The number of rotatable bonds is 4. The highest BCUT2D eigenvalue weighted by atomic mass is 32.2. The van der Waals surface area contributed by atoms with Crippen LogP contribution in [0.2, 0.25) is 0 Å². The van der Waals surface area contributed by atoms with Gasteiger partial charge in [-0.25, -0.2) is 8.42 Å². The molecular weight excluding hydrogens is 290 g/mol. The lowest BCUT2D eigenvalue weighted by Gasteiger charge is -2.36. The number of nitrogens with one attached hydrogen (secondary N) is 1. The van der Waals surface area contributed by atoms with Crippen molar-refractivity contribution < 1.29 is 13.2 Å². The third-order valence-electron chi connectivity index (χ3n) is 4.27. The number of hydrogen-bond donors (Lipinski definition) is 1. The van der Waals surface area contributed by atoms with Gasteiger partial charge in [-0.2, -0.15) is 5.10 Å². The van der Waals surface area contributed by atoms with Crippen LogP contribution in [0.25, 0.3) is 0 Å². The van der Waals surface area contributed by atoms with Gasteiger partial charge in [0.15, 0.2) is 9.84 Å². The number of aromatic amines is 1. The molecule has 1 heterocycles. The Morgan fingerprint density at radius 1 is 1.43 bits per heavy atom. The molecule has 1 aromatic heterocycles. The molecule has 0 spiro atoms. The molecular formula is C14H23N3O3S. The van der Waals surface area contributed by atoms with Crippen LogP contribution in [0.1, 0.15) is 48.8 Å². The maximum absolute atomic E-state index is 12.5. The number of sulfone groups is 1. The van der Waals surface area contributed by atoms with Crippen LogP contribution in [-0.4, -0.2) is 54.0 Å². The number of aryl methyl sites for hydroxylation is 1. The predicted octanol–water partition coefficient (Wildman–Crippen LogP) is 1.40. The summed E-state index contributed by atoms with van der Waals surface area (Å²) in [4.78, 5) is 14.1. The zero-order valence-electron chi connectivity index (χ0n) is 12.8. The van der Waals surface area contributed by atoms with Crippen LogP contribution in [-0.2, 0) is 16.3 Å². The van der Waals surface area contributed by atoms with Crippen LogP contribution in [0.4, 0.5) is 0 Å². The van der Waals surface area contributed by atoms with Crippen molar-refractivity contribution in [1.29, 1.82) is 0 Å². The van der Waals surface area contributed by atoms with Crippen molar-refractivity contribution in [3.8, 4) is 0 Å².